The first-order valence-electron chi connectivity index (χ1n) is 9.59. The van der Waals surface area contributed by atoms with Gasteiger partial charge in [-0.3, -0.25) is 9.59 Å². The zero-order valence-electron chi connectivity index (χ0n) is 17.4. The van der Waals surface area contributed by atoms with Crippen molar-refractivity contribution in [3.8, 4) is 5.75 Å². The molecular formula is C24H30O4. The highest BCUT2D eigenvalue weighted by atomic mass is 16.4. The third-order valence-electron chi connectivity index (χ3n) is 4.78. The molecule has 0 bridgehead atoms. The van der Waals surface area contributed by atoms with Gasteiger partial charge < -0.3 is 10.2 Å². The number of hydrogen-bond acceptors (Lipinski definition) is 3. The van der Waals surface area contributed by atoms with Crippen LogP contribution >= 0.6 is 0 Å². The van der Waals surface area contributed by atoms with Gasteiger partial charge in [-0.15, -0.1) is 0 Å². The van der Waals surface area contributed by atoms with Crippen molar-refractivity contribution in [1.82, 2.24) is 0 Å². The van der Waals surface area contributed by atoms with Crippen LogP contribution in [0.4, 0.5) is 0 Å². The van der Waals surface area contributed by atoms with Crippen molar-refractivity contribution >= 4 is 11.8 Å². The molecule has 0 atom stereocenters. The lowest BCUT2D eigenvalue weighted by Crippen LogP contribution is -2.25. The summed E-state index contributed by atoms with van der Waals surface area (Å²) < 4.78 is 0. The molecular weight excluding hydrogens is 352 g/mol. The Bertz CT molecular complexity index is 858. The molecule has 2 rings (SSSR count). The number of rotatable bonds is 7. The molecule has 0 aliphatic heterocycles. The van der Waals surface area contributed by atoms with E-state index in [1.165, 1.54) is 0 Å². The molecule has 0 aliphatic carbocycles. The predicted octanol–water partition coefficient (Wildman–Crippen LogP) is 5.35. The quantitative estimate of drug-likeness (QED) is 0.633. The van der Waals surface area contributed by atoms with Gasteiger partial charge in [0.1, 0.15) is 5.75 Å². The Kier molecular flexibility index (Phi) is 6.33. The number of aryl methyl sites for hydroxylation is 1. The molecule has 0 spiro atoms. The maximum Gasteiger partial charge on any atom is 0.303 e. The number of phenolic OH excluding ortho intramolecular Hbond substituents is 1. The minimum Gasteiger partial charge on any atom is -0.507 e. The van der Waals surface area contributed by atoms with Gasteiger partial charge in [-0.1, -0.05) is 71.0 Å². The summed E-state index contributed by atoms with van der Waals surface area (Å²) in [6.07, 6.45) is 1.08. The molecule has 0 aliphatic rings. The predicted molar refractivity (Wildman–Crippen MR) is 111 cm³/mol. The molecule has 0 heterocycles. The Morgan fingerprint density at radius 1 is 0.964 bits per heavy atom. The van der Waals surface area contributed by atoms with Gasteiger partial charge in [0, 0.05) is 17.5 Å². The smallest absolute Gasteiger partial charge is 0.303 e. The van der Waals surface area contributed by atoms with E-state index in [0.717, 1.165) is 12.0 Å². The van der Waals surface area contributed by atoms with Gasteiger partial charge in [0.15, 0.2) is 5.78 Å². The van der Waals surface area contributed by atoms with E-state index < -0.39 is 5.97 Å². The average molecular weight is 383 g/mol. The van der Waals surface area contributed by atoms with E-state index in [9.17, 15) is 14.7 Å². The number of carboxylic acid groups (broad SMARTS) is 1. The molecule has 0 saturated heterocycles. The zero-order chi connectivity index (χ0) is 21.1. The summed E-state index contributed by atoms with van der Waals surface area (Å²) in [5.74, 6) is -1.16. The van der Waals surface area contributed by atoms with Gasteiger partial charge in [-0.2, -0.15) is 0 Å². The second kappa shape index (κ2) is 8.17. The molecule has 0 unspecified atom stereocenters. The highest BCUT2D eigenvalue weighted by Gasteiger charge is 2.32. The van der Waals surface area contributed by atoms with Crippen molar-refractivity contribution in [3.05, 3.63) is 64.7 Å². The largest absolute Gasteiger partial charge is 0.507 e. The fourth-order valence-corrected chi connectivity index (χ4v) is 3.94. The number of carbonyl (C=O) groups is 2. The number of aromatic hydroxyl groups is 1. The molecule has 0 radical (unpaired) electrons. The first-order valence-corrected chi connectivity index (χ1v) is 9.59. The Balaban J connectivity index is 2.59. The van der Waals surface area contributed by atoms with E-state index >= 15 is 0 Å². The highest BCUT2D eigenvalue weighted by Crippen LogP contribution is 2.42. The van der Waals surface area contributed by atoms with Crippen LogP contribution in [0.25, 0.3) is 0 Å². The van der Waals surface area contributed by atoms with E-state index in [4.69, 9.17) is 5.11 Å². The Morgan fingerprint density at radius 3 is 2.11 bits per heavy atom. The molecule has 2 aromatic carbocycles. The van der Waals surface area contributed by atoms with Crippen LogP contribution in [0.5, 0.6) is 5.75 Å². The number of phenols is 1. The molecule has 28 heavy (non-hydrogen) atoms. The maximum absolute atomic E-state index is 13.0. The van der Waals surface area contributed by atoms with E-state index in [-0.39, 0.29) is 34.3 Å². The van der Waals surface area contributed by atoms with Gasteiger partial charge in [0.25, 0.3) is 0 Å². The molecule has 0 saturated carbocycles. The van der Waals surface area contributed by atoms with Crippen molar-refractivity contribution in [2.24, 2.45) is 5.41 Å². The maximum atomic E-state index is 13.0. The molecule has 4 heteroatoms. The van der Waals surface area contributed by atoms with Crippen molar-refractivity contribution < 1.29 is 19.8 Å². The third kappa shape index (κ3) is 5.44. The second-order valence-electron chi connectivity index (χ2n) is 9.25. The molecule has 4 nitrogen and oxygen atoms in total. The lowest BCUT2D eigenvalue weighted by molar-refractivity contribution is -0.136. The highest BCUT2D eigenvalue weighted by molar-refractivity contribution is 6.11. The second-order valence-corrected chi connectivity index (χ2v) is 9.25. The average Bonchev–Trinajstić information content (AvgIpc) is 2.58. The minimum absolute atomic E-state index is 0.0119. The first-order chi connectivity index (χ1) is 12.9. The van der Waals surface area contributed by atoms with Crippen molar-refractivity contribution in [2.75, 3.05) is 0 Å². The van der Waals surface area contributed by atoms with Crippen LogP contribution in [0.15, 0.2) is 42.5 Å². The standard InChI is InChI=1S/C24H30O4/c1-23(2,3)15-24(4,5)19-14-16(11-12-20(25)26)13-18(22(19)28)21(27)17-9-7-6-8-10-17/h6-10,13-14,28H,11-12,15H2,1-5H3,(H,25,26). The molecule has 2 N–H and O–H groups in total. The lowest BCUT2D eigenvalue weighted by atomic mass is 9.71. The normalized spacial score (nSPS) is 12.0. The number of ketones is 1. The third-order valence-corrected chi connectivity index (χ3v) is 4.78. The number of carboxylic acids is 1. The zero-order valence-corrected chi connectivity index (χ0v) is 17.4. The van der Waals surface area contributed by atoms with Crippen LogP contribution in [-0.4, -0.2) is 22.0 Å². The number of benzene rings is 2. The van der Waals surface area contributed by atoms with Gasteiger partial charge in [0.05, 0.1) is 5.56 Å². The van der Waals surface area contributed by atoms with E-state index in [1.54, 1.807) is 30.3 Å². The summed E-state index contributed by atoms with van der Waals surface area (Å²) in [5.41, 5.74) is 1.80. The van der Waals surface area contributed by atoms with Crippen molar-refractivity contribution in [1.29, 1.82) is 0 Å². The number of hydrogen-bond donors (Lipinski definition) is 2. The monoisotopic (exact) mass is 382 g/mol. The number of carbonyl (C=O) groups excluding carboxylic acids is 1. The van der Waals surface area contributed by atoms with E-state index in [1.807, 2.05) is 26.0 Å². The number of aliphatic carboxylic acids is 1. The van der Waals surface area contributed by atoms with Gasteiger partial charge in [-0.05, 0) is 35.3 Å². The van der Waals surface area contributed by atoms with E-state index in [2.05, 4.69) is 20.8 Å². The van der Waals surface area contributed by atoms with Gasteiger partial charge >= 0.3 is 5.97 Å². The summed E-state index contributed by atoms with van der Waals surface area (Å²) in [4.78, 5) is 24.1. The van der Waals surface area contributed by atoms with Crippen LogP contribution in [-0.2, 0) is 16.6 Å². The Hall–Kier alpha value is -2.62. The molecule has 0 fully saturated rings. The summed E-state index contributed by atoms with van der Waals surface area (Å²) in [5, 5.41) is 20.1. The van der Waals surface area contributed by atoms with Crippen LogP contribution < -0.4 is 0 Å². The fourth-order valence-electron chi connectivity index (χ4n) is 3.94. The summed E-state index contributed by atoms with van der Waals surface area (Å²) in [6.45, 7) is 10.5. The topological polar surface area (TPSA) is 74.6 Å². The Morgan fingerprint density at radius 2 is 1.57 bits per heavy atom. The van der Waals surface area contributed by atoms with Crippen LogP contribution in [0.3, 0.4) is 0 Å². The first kappa shape index (κ1) is 21.7. The SMILES string of the molecule is CC(C)(C)CC(C)(C)c1cc(CCC(=O)O)cc(C(=O)c2ccccc2)c1O. The fraction of sp³-hybridized carbons (Fsp3) is 0.417. The van der Waals surface area contributed by atoms with Crippen LogP contribution in [0.2, 0.25) is 0 Å². The molecule has 0 aromatic heterocycles. The molecule has 150 valence electrons. The summed E-state index contributed by atoms with van der Waals surface area (Å²) in [7, 11) is 0. The lowest BCUT2D eigenvalue weighted by Gasteiger charge is -2.34. The van der Waals surface area contributed by atoms with Gasteiger partial charge in [0.2, 0.25) is 0 Å². The minimum atomic E-state index is -0.889. The molecule has 2 aromatic rings. The van der Waals surface area contributed by atoms with E-state index in [0.29, 0.717) is 17.5 Å². The van der Waals surface area contributed by atoms with Crippen LogP contribution in [0.1, 0.15) is 74.5 Å². The Labute approximate surface area is 167 Å². The molecule has 0 amide bonds. The van der Waals surface area contributed by atoms with Crippen molar-refractivity contribution in [2.45, 2.75) is 59.3 Å². The van der Waals surface area contributed by atoms with Crippen LogP contribution in [0, 0.1) is 5.41 Å². The van der Waals surface area contributed by atoms with Gasteiger partial charge in [-0.25, -0.2) is 0 Å². The van der Waals surface area contributed by atoms with Crippen molar-refractivity contribution in [3.63, 3.8) is 0 Å². The summed E-state index contributed by atoms with van der Waals surface area (Å²) >= 11 is 0. The summed E-state index contributed by atoms with van der Waals surface area (Å²) in [6, 6.07) is 12.3.